The fourth-order valence-electron chi connectivity index (χ4n) is 8.34. The van der Waals surface area contributed by atoms with Crippen molar-refractivity contribution in [3.63, 3.8) is 0 Å². The Morgan fingerprint density at radius 3 is 2.21 bits per heavy atom. The number of ketones is 3. The van der Waals surface area contributed by atoms with Gasteiger partial charge in [0, 0.05) is 42.0 Å². The van der Waals surface area contributed by atoms with Crippen molar-refractivity contribution in [1.82, 2.24) is 4.90 Å². The number of Topliss-reactive ketones (excluding diaryl/α,β-unsaturated/α-hetero) is 1. The third-order valence-electron chi connectivity index (χ3n) is 11.2. The number of phenolic OH excluding ortho intramolecular Hbond substituents is 2. The van der Waals surface area contributed by atoms with Crippen molar-refractivity contribution in [2.75, 3.05) is 26.8 Å². The number of nitrogens with zero attached hydrogens (tertiary/aromatic N) is 1. The molecule has 6 atom stereocenters. The Balaban J connectivity index is 1.28. The van der Waals surface area contributed by atoms with Crippen molar-refractivity contribution in [1.29, 1.82) is 0 Å². The number of carbonyl (C=O) groups excluding carboxylic acids is 4. The lowest BCUT2D eigenvalue weighted by atomic mass is 9.72. The number of carboxylic acids is 1. The number of aliphatic hydroxyl groups excluding tert-OH is 1. The number of benzene rings is 3. The van der Waals surface area contributed by atoms with Gasteiger partial charge in [0.25, 0.3) is 0 Å². The first kappa shape index (κ1) is 40.7. The van der Waals surface area contributed by atoms with Gasteiger partial charge in [-0.15, -0.1) is 0 Å². The van der Waals surface area contributed by atoms with Crippen molar-refractivity contribution < 1.29 is 86.0 Å². The second-order valence-electron chi connectivity index (χ2n) is 14.5. The third kappa shape index (κ3) is 6.46. The van der Waals surface area contributed by atoms with Gasteiger partial charge in [0.15, 0.2) is 41.9 Å². The second-order valence-corrected chi connectivity index (χ2v) is 14.5. The summed E-state index contributed by atoms with van der Waals surface area (Å²) < 4.78 is 79.2. The SMILES string of the molecule is COc1cccc2c1C(=O)c1c(O)c3c(c(O)c1C2=O)C[C@@](O)(C(=O)COC(=O)c1c(F)c(F)c(F)c(F)c1C(=O)O)C[C@@H]3O[C@H]1C[C@H](N2CCCC2)[C@H](O)[C@H](C)O1. The number of fused-ring (bicyclic) bond motifs is 3. The maximum atomic E-state index is 14.7. The van der Waals surface area contributed by atoms with Crippen LogP contribution < -0.4 is 4.74 Å². The quantitative estimate of drug-likeness (QED) is 0.0537. The fourth-order valence-corrected chi connectivity index (χ4v) is 8.34. The van der Waals surface area contributed by atoms with E-state index in [-0.39, 0.29) is 28.9 Å². The number of phenols is 2. The highest BCUT2D eigenvalue weighted by molar-refractivity contribution is 6.31. The van der Waals surface area contributed by atoms with E-state index in [1.165, 1.54) is 25.3 Å². The Morgan fingerprint density at radius 2 is 1.57 bits per heavy atom. The minimum atomic E-state index is -2.76. The van der Waals surface area contributed by atoms with Gasteiger partial charge in [0.05, 0.1) is 42.1 Å². The molecule has 0 aromatic heterocycles. The van der Waals surface area contributed by atoms with E-state index in [4.69, 9.17) is 18.9 Å². The van der Waals surface area contributed by atoms with Gasteiger partial charge in [-0.1, -0.05) is 12.1 Å². The molecule has 2 heterocycles. The molecule has 58 heavy (non-hydrogen) atoms. The molecule has 7 rings (SSSR count). The Kier molecular flexibility index (Phi) is 10.6. The van der Waals surface area contributed by atoms with E-state index in [9.17, 15) is 67.1 Å². The summed E-state index contributed by atoms with van der Waals surface area (Å²) in [6.07, 6.45) is -4.65. The lowest BCUT2D eigenvalue weighted by Crippen LogP contribution is -2.55. The molecule has 0 radical (unpaired) electrons. The molecule has 3 aromatic rings. The number of carbonyl (C=O) groups is 5. The molecule has 2 aliphatic carbocycles. The summed E-state index contributed by atoms with van der Waals surface area (Å²) in [6.45, 7) is 1.38. The predicted molar refractivity (Wildman–Crippen MR) is 185 cm³/mol. The standard InChI is InChI=1S/C39H35F4NO14/c1-14-32(46)17(44-8-3-4-9-44)10-21(57-14)58-19-12-39(54,20(45)13-56-38(53)25-24(37(51)52)28(40)30(42)31(43)29(25)41)11-16-23(19)36(50)27-26(34(16)48)33(47)15-6-5-7-18(55-2)22(15)35(27)49/h5-7,14,17,19,21,32,46,48,50,54H,3-4,8-13H2,1-2H3,(H,51,52)/t14-,17-,19-,21-,32+,39-/m0/s1. The van der Waals surface area contributed by atoms with Gasteiger partial charge in [-0.3, -0.25) is 19.3 Å². The first-order valence-corrected chi connectivity index (χ1v) is 18.0. The van der Waals surface area contributed by atoms with Crippen LogP contribution in [0.1, 0.15) is 102 Å². The topological polar surface area (TPSA) is 227 Å². The van der Waals surface area contributed by atoms with E-state index < -0.39 is 148 Å². The molecule has 5 N–H and O–H groups in total. The number of carboxylic acid groups (broad SMARTS) is 1. The molecule has 2 aliphatic heterocycles. The van der Waals surface area contributed by atoms with E-state index in [1.54, 1.807) is 6.92 Å². The average molecular weight is 818 g/mol. The van der Waals surface area contributed by atoms with Crippen LogP contribution in [0.5, 0.6) is 17.2 Å². The number of methoxy groups -OCH3 is 1. The zero-order chi connectivity index (χ0) is 42.1. The Bertz CT molecular complexity index is 2290. The van der Waals surface area contributed by atoms with E-state index in [0.717, 1.165) is 12.8 Å². The lowest BCUT2D eigenvalue weighted by Gasteiger charge is -2.44. The number of rotatable bonds is 9. The summed E-state index contributed by atoms with van der Waals surface area (Å²) in [6, 6.07) is 3.61. The van der Waals surface area contributed by atoms with Crippen molar-refractivity contribution >= 4 is 29.3 Å². The van der Waals surface area contributed by atoms with Crippen molar-refractivity contribution in [3.8, 4) is 17.2 Å². The molecular formula is C39H35F4NO14. The van der Waals surface area contributed by atoms with Gasteiger partial charge in [-0.2, -0.15) is 0 Å². The van der Waals surface area contributed by atoms with Gasteiger partial charge < -0.3 is 44.5 Å². The highest BCUT2D eigenvalue weighted by Crippen LogP contribution is 2.53. The van der Waals surface area contributed by atoms with Gasteiger partial charge in [-0.25, -0.2) is 27.2 Å². The molecule has 0 saturated carbocycles. The molecule has 2 saturated heterocycles. The average Bonchev–Trinajstić information content (AvgIpc) is 3.73. The van der Waals surface area contributed by atoms with Crippen molar-refractivity contribution in [2.24, 2.45) is 0 Å². The van der Waals surface area contributed by atoms with Crippen LogP contribution in [0.25, 0.3) is 0 Å². The number of likely N-dealkylation sites (tertiary alicyclic amines) is 1. The number of aromatic hydroxyl groups is 2. The van der Waals surface area contributed by atoms with Crippen LogP contribution in [-0.2, 0) is 25.4 Å². The number of hydrogen-bond donors (Lipinski definition) is 5. The molecule has 0 unspecified atom stereocenters. The molecule has 15 nitrogen and oxygen atoms in total. The number of esters is 1. The highest BCUT2D eigenvalue weighted by Gasteiger charge is 2.51. The maximum absolute atomic E-state index is 14.7. The van der Waals surface area contributed by atoms with Gasteiger partial charge in [0.2, 0.25) is 11.6 Å². The third-order valence-corrected chi connectivity index (χ3v) is 11.2. The summed E-state index contributed by atoms with van der Waals surface area (Å²) in [5, 5.41) is 55.9. The normalized spacial score (nSPS) is 25.5. The Labute approximate surface area is 325 Å². The van der Waals surface area contributed by atoms with Crippen molar-refractivity contribution in [2.45, 2.75) is 75.3 Å². The Morgan fingerprint density at radius 1 is 0.931 bits per heavy atom. The first-order chi connectivity index (χ1) is 27.4. The number of aromatic carboxylic acids is 1. The lowest BCUT2D eigenvalue weighted by molar-refractivity contribution is -0.257. The fraction of sp³-hybridized carbons (Fsp3) is 0.410. The number of ether oxygens (including phenoxy) is 4. The first-order valence-electron chi connectivity index (χ1n) is 18.0. The second kappa shape index (κ2) is 15.0. The van der Waals surface area contributed by atoms with Crippen molar-refractivity contribution in [3.05, 3.63) is 86.0 Å². The van der Waals surface area contributed by atoms with Crippen LogP contribution in [0.3, 0.4) is 0 Å². The summed E-state index contributed by atoms with van der Waals surface area (Å²) in [5.74, 6) is -19.5. The van der Waals surface area contributed by atoms with E-state index >= 15 is 0 Å². The van der Waals surface area contributed by atoms with Crippen LogP contribution >= 0.6 is 0 Å². The Hall–Kier alpha value is -5.47. The van der Waals surface area contributed by atoms with Gasteiger partial charge in [0.1, 0.15) is 34.0 Å². The van der Waals surface area contributed by atoms with E-state index in [2.05, 4.69) is 0 Å². The summed E-state index contributed by atoms with van der Waals surface area (Å²) in [7, 11) is 1.25. The molecule has 0 bridgehead atoms. The zero-order valence-corrected chi connectivity index (χ0v) is 30.6. The summed E-state index contributed by atoms with van der Waals surface area (Å²) in [5.41, 5.74) is -9.10. The van der Waals surface area contributed by atoms with Gasteiger partial charge in [-0.05, 0) is 38.9 Å². The van der Waals surface area contributed by atoms with Crippen LogP contribution in [0.4, 0.5) is 17.6 Å². The van der Waals surface area contributed by atoms with E-state index in [1.807, 2.05) is 4.90 Å². The van der Waals surface area contributed by atoms with Crippen LogP contribution in [0.15, 0.2) is 18.2 Å². The molecule has 19 heteroatoms. The molecule has 3 aromatic carbocycles. The number of halogens is 4. The largest absolute Gasteiger partial charge is 0.507 e. The highest BCUT2D eigenvalue weighted by atomic mass is 19.2. The smallest absolute Gasteiger partial charge is 0.342 e. The predicted octanol–water partition coefficient (Wildman–Crippen LogP) is 3.26. The summed E-state index contributed by atoms with van der Waals surface area (Å²) in [4.78, 5) is 68.2. The number of aliphatic hydroxyl groups is 2. The molecule has 0 spiro atoms. The van der Waals surface area contributed by atoms with Crippen LogP contribution in [-0.4, -0.2) is 117 Å². The summed E-state index contributed by atoms with van der Waals surface area (Å²) >= 11 is 0. The minimum Gasteiger partial charge on any atom is -0.507 e. The van der Waals surface area contributed by atoms with Crippen LogP contribution in [0.2, 0.25) is 0 Å². The molecule has 308 valence electrons. The molecule has 0 amide bonds. The molecule has 2 fully saturated rings. The maximum Gasteiger partial charge on any atom is 0.342 e. The van der Waals surface area contributed by atoms with E-state index in [0.29, 0.717) is 13.1 Å². The zero-order valence-electron chi connectivity index (χ0n) is 30.6. The molecular weight excluding hydrogens is 782 g/mol. The monoisotopic (exact) mass is 817 g/mol. The van der Waals surface area contributed by atoms with Gasteiger partial charge >= 0.3 is 11.9 Å². The van der Waals surface area contributed by atoms with Crippen LogP contribution in [0, 0.1) is 23.3 Å². The minimum absolute atomic E-state index is 0.0157. The molecule has 4 aliphatic rings. The number of hydrogen-bond acceptors (Lipinski definition) is 14.